The van der Waals surface area contributed by atoms with Crippen molar-refractivity contribution in [1.29, 1.82) is 0 Å². The first-order valence-corrected chi connectivity index (χ1v) is 7.16. The monoisotopic (exact) mass is 250 g/mol. The highest BCUT2D eigenvalue weighted by Crippen LogP contribution is 2.35. The molecule has 2 rings (SSSR count). The quantitative estimate of drug-likeness (QED) is 0.633. The Bertz CT molecular complexity index is 391. The molecule has 1 aromatic heterocycles. The fourth-order valence-corrected chi connectivity index (χ4v) is 3.35. The van der Waals surface area contributed by atoms with Crippen molar-refractivity contribution in [1.82, 2.24) is 5.43 Å². The van der Waals surface area contributed by atoms with Gasteiger partial charge >= 0.3 is 0 Å². The Morgan fingerprint density at radius 1 is 1.17 bits per heavy atom. The molecule has 0 aliphatic heterocycles. The number of hydrogen-bond donors (Lipinski definition) is 2. The van der Waals surface area contributed by atoms with Crippen LogP contribution in [0.5, 0.6) is 0 Å². The minimum atomic E-state index is 0.241. The Balaban J connectivity index is 2.12. The average Bonchev–Trinajstić information content (AvgIpc) is 2.62. The summed E-state index contributed by atoms with van der Waals surface area (Å²) in [5, 5.41) is 0. The van der Waals surface area contributed by atoms with Crippen molar-refractivity contribution in [2.24, 2.45) is 11.8 Å². The van der Waals surface area contributed by atoms with Gasteiger partial charge in [0.2, 0.25) is 0 Å². The summed E-state index contributed by atoms with van der Waals surface area (Å²) in [5.41, 5.74) is 5.53. The van der Waals surface area contributed by atoms with Gasteiger partial charge in [0.15, 0.2) is 0 Å². The molecule has 1 fully saturated rings. The summed E-state index contributed by atoms with van der Waals surface area (Å²) in [5.74, 6) is 8.63. The Morgan fingerprint density at radius 2 is 1.83 bits per heavy atom. The molecular formula is C15H26N2O. The van der Waals surface area contributed by atoms with Crippen LogP contribution in [0.3, 0.4) is 0 Å². The van der Waals surface area contributed by atoms with Crippen LogP contribution >= 0.6 is 0 Å². The van der Waals surface area contributed by atoms with Crippen molar-refractivity contribution in [3.8, 4) is 0 Å². The third-order valence-electron chi connectivity index (χ3n) is 4.46. The molecule has 0 bridgehead atoms. The van der Waals surface area contributed by atoms with Crippen LogP contribution in [0.2, 0.25) is 0 Å². The second-order valence-electron chi connectivity index (χ2n) is 5.71. The van der Waals surface area contributed by atoms with Crippen LogP contribution in [0.15, 0.2) is 4.42 Å². The molecule has 1 aliphatic rings. The van der Waals surface area contributed by atoms with Crippen molar-refractivity contribution >= 4 is 0 Å². The van der Waals surface area contributed by atoms with E-state index in [0.717, 1.165) is 23.9 Å². The van der Waals surface area contributed by atoms with E-state index < -0.39 is 0 Å². The maximum atomic E-state index is 5.78. The molecule has 3 N–H and O–H groups in total. The molecule has 1 unspecified atom stereocenters. The standard InChI is InChI=1S/C15H26N2O/c1-10-11(2)18-12(3)15(10)14(17-16)9-13-7-5-4-6-8-13/h13-14,17H,4-9,16H2,1-3H3. The number of hydrogen-bond acceptors (Lipinski definition) is 3. The molecule has 1 saturated carbocycles. The van der Waals surface area contributed by atoms with Crippen LogP contribution in [-0.4, -0.2) is 0 Å². The van der Waals surface area contributed by atoms with E-state index >= 15 is 0 Å². The molecule has 1 aliphatic carbocycles. The topological polar surface area (TPSA) is 51.2 Å². The average molecular weight is 250 g/mol. The summed E-state index contributed by atoms with van der Waals surface area (Å²) < 4.78 is 5.72. The van der Waals surface area contributed by atoms with Gasteiger partial charge < -0.3 is 4.42 Å². The SMILES string of the molecule is Cc1oc(C)c(C(CC2CCCCC2)NN)c1C. The summed E-state index contributed by atoms with van der Waals surface area (Å²) in [6.45, 7) is 6.20. The molecule has 18 heavy (non-hydrogen) atoms. The predicted molar refractivity (Wildman–Crippen MR) is 74.2 cm³/mol. The molecule has 0 aromatic carbocycles. The maximum Gasteiger partial charge on any atom is 0.106 e. The van der Waals surface area contributed by atoms with E-state index in [1.165, 1.54) is 43.2 Å². The van der Waals surface area contributed by atoms with Gasteiger partial charge in [0, 0.05) is 11.6 Å². The van der Waals surface area contributed by atoms with E-state index in [9.17, 15) is 0 Å². The van der Waals surface area contributed by atoms with Crippen LogP contribution in [-0.2, 0) is 0 Å². The first-order valence-electron chi connectivity index (χ1n) is 7.16. The summed E-state index contributed by atoms with van der Waals surface area (Å²) in [7, 11) is 0. The van der Waals surface area contributed by atoms with Crippen molar-refractivity contribution < 1.29 is 4.42 Å². The van der Waals surface area contributed by atoms with Gasteiger partial charge in [0.1, 0.15) is 11.5 Å². The first-order chi connectivity index (χ1) is 8.63. The lowest BCUT2D eigenvalue weighted by molar-refractivity contribution is 0.299. The molecule has 0 saturated heterocycles. The number of nitrogens with one attached hydrogen (secondary N) is 1. The largest absolute Gasteiger partial charge is 0.466 e. The molecule has 3 nitrogen and oxygen atoms in total. The van der Waals surface area contributed by atoms with Gasteiger partial charge in [-0.3, -0.25) is 11.3 Å². The number of hydrazine groups is 1. The highest BCUT2D eigenvalue weighted by molar-refractivity contribution is 5.34. The molecule has 3 heteroatoms. The Morgan fingerprint density at radius 3 is 2.33 bits per heavy atom. The first kappa shape index (κ1) is 13.6. The Kier molecular flexibility index (Phi) is 4.46. The smallest absolute Gasteiger partial charge is 0.106 e. The van der Waals surface area contributed by atoms with E-state index in [1.807, 2.05) is 13.8 Å². The van der Waals surface area contributed by atoms with Gasteiger partial charge in [-0.1, -0.05) is 32.1 Å². The van der Waals surface area contributed by atoms with E-state index in [4.69, 9.17) is 10.3 Å². The van der Waals surface area contributed by atoms with Crippen LogP contribution in [0.25, 0.3) is 0 Å². The molecule has 0 radical (unpaired) electrons. The van der Waals surface area contributed by atoms with Crippen molar-refractivity contribution in [3.63, 3.8) is 0 Å². The third-order valence-corrected chi connectivity index (χ3v) is 4.46. The fourth-order valence-electron chi connectivity index (χ4n) is 3.35. The van der Waals surface area contributed by atoms with E-state index in [-0.39, 0.29) is 6.04 Å². The van der Waals surface area contributed by atoms with Crippen molar-refractivity contribution in [2.45, 2.75) is 65.3 Å². The second-order valence-corrected chi connectivity index (χ2v) is 5.71. The lowest BCUT2D eigenvalue weighted by atomic mass is 9.83. The highest BCUT2D eigenvalue weighted by atomic mass is 16.3. The summed E-state index contributed by atoms with van der Waals surface area (Å²) in [6.07, 6.45) is 8.01. The normalized spacial score (nSPS) is 19.1. The van der Waals surface area contributed by atoms with Gasteiger partial charge in [-0.15, -0.1) is 0 Å². The lowest BCUT2D eigenvalue weighted by Gasteiger charge is -2.26. The maximum absolute atomic E-state index is 5.78. The number of furan rings is 1. The third kappa shape index (κ3) is 2.78. The lowest BCUT2D eigenvalue weighted by Crippen LogP contribution is -2.30. The summed E-state index contributed by atoms with van der Waals surface area (Å²) in [6, 6.07) is 0.241. The van der Waals surface area contributed by atoms with Crippen LogP contribution in [0, 0.1) is 26.7 Å². The molecule has 1 atom stereocenters. The zero-order valence-electron chi connectivity index (χ0n) is 11.9. The van der Waals surface area contributed by atoms with Crippen LogP contribution in [0.4, 0.5) is 0 Å². The van der Waals surface area contributed by atoms with E-state index in [0.29, 0.717) is 0 Å². The van der Waals surface area contributed by atoms with E-state index in [2.05, 4.69) is 12.3 Å². The molecule has 102 valence electrons. The van der Waals surface area contributed by atoms with Gasteiger partial charge in [0.05, 0.1) is 0 Å². The number of aryl methyl sites for hydroxylation is 2. The minimum absolute atomic E-state index is 0.241. The molecule has 0 spiro atoms. The minimum Gasteiger partial charge on any atom is -0.466 e. The molecule has 1 heterocycles. The zero-order valence-corrected chi connectivity index (χ0v) is 11.9. The van der Waals surface area contributed by atoms with E-state index in [1.54, 1.807) is 0 Å². The fraction of sp³-hybridized carbons (Fsp3) is 0.733. The summed E-state index contributed by atoms with van der Waals surface area (Å²) in [4.78, 5) is 0. The zero-order chi connectivity index (χ0) is 13.1. The highest BCUT2D eigenvalue weighted by Gasteiger charge is 2.24. The van der Waals surface area contributed by atoms with Crippen LogP contribution < -0.4 is 11.3 Å². The Hall–Kier alpha value is -0.800. The molecule has 1 aromatic rings. The van der Waals surface area contributed by atoms with Gasteiger partial charge in [-0.2, -0.15) is 0 Å². The summed E-state index contributed by atoms with van der Waals surface area (Å²) >= 11 is 0. The molecular weight excluding hydrogens is 224 g/mol. The van der Waals surface area contributed by atoms with Crippen molar-refractivity contribution in [3.05, 3.63) is 22.6 Å². The van der Waals surface area contributed by atoms with Gasteiger partial charge in [0.25, 0.3) is 0 Å². The Labute approximate surface area is 110 Å². The van der Waals surface area contributed by atoms with Gasteiger partial charge in [-0.05, 0) is 38.7 Å². The number of nitrogens with two attached hydrogens (primary N) is 1. The van der Waals surface area contributed by atoms with Crippen LogP contribution in [0.1, 0.15) is 67.2 Å². The molecule has 0 amide bonds. The van der Waals surface area contributed by atoms with Gasteiger partial charge in [-0.25, -0.2) is 0 Å². The second kappa shape index (κ2) is 5.89. The predicted octanol–water partition coefficient (Wildman–Crippen LogP) is 3.68. The number of rotatable bonds is 4. The van der Waals surface area contributed by atoms with Crippen molar-refractivity contribution in [2.75, 3.05) is 0 Å².